The van der Waals surface area contributed by atoms with E-state index in [1.807, 2.05) is 12.1 Å². The lowest BCUT2D eigenvalue weighted by atomic mass is 9.19. The molecule has 6 aliphatic rings. The molecule has 8 rings (SSSR count). The monoisotopic (exact) mass is 486 g/mol. The van der Waals surface area contributed by atoms with Crippen LogP contribution in [-0.2, 0) is 19.1 Å². The Kier molecular flexibility index (Phi) is 3.78. The maximum atomic E-state index is 13.9. The molecule has 0 amide bonds. The number of ether oxygens (including phenoxy) is 4. The molecule has 6 aliphatic carbocycles. The molecule has 0 aliphatic heterocycles. The van der Waals surface area contributed by atoms with Crippen molar-refractivity contribution in [3.63, 3.8) is 0 Å². The van der Waals surface area contributed by atoms with Gasteiger partial charge in [0.25, 0.3) is 0 Å². The van der Waals surface area contributed by atoms with Gasteiger partial charge in [0.05, 0.1) is 39.3 Å². The van der Waals surface area contributed by atoms with Gasteiger partial charge < -0.3 is 18.9 Å². The highest BCUT2D eigenvalue weighted by atomic mass is 16.5. The van der Waals surface area contributed by atoms with Crippen LogP contribution in [0.25, 0.3) is 10.8 Å². The standard InChI is InChI=1S/C30H30O6/c1-33-25-15-7-5-6-8-16(15)26(34-2)20-18-12-17(19(20)25)23-24(18)30(28(32)36-4)22-14-10-9-13(11-14)21(22)29(23,30)27(31)35-3/h5-10,13-14,17-18,21-24H,11-12H2,1-4H3/t13-,14+,17-,18+,21+,22-,23-,24+,29+,30-. The average Bonchev–Trinajstić information content (AvgIpc) is 3.66. The molecule has 2 aromatic rings. The van der Waals surface area contributed by atoms with E-state index in [-0.39, 0.29) is 47.4 Å². The molecule has 2 aromatic carbocycles. The summed E-state index contributed by atoms with van der Waals surface area (Å²) in [6.07, 6.45) is 6.48. The zero-order valence-electron chi connectivity index (χ0n) is 20.9. The molecule has 0 N–H and O–H groups in total. The molecular formula is C30H30O6. The van der Waals surface area contributed by atoms with Crippen LogP contribution in [0.5, 0.6) is 11.5 Å². The molecule has 0 aromatic heterocycles. The summed E-state index contributed by atoms with van der Waals surface area (Å²) in [5.74, 6) is 2.54. The number of carbonyl (C=O) groups excluding carboxylic acids is 2. The van der Waals surface area contributed by atoms with Crippen molar-refractivity contribution in [1.82, 2.24) is 0 Å². The van der Waals surface area contributed by atoms with E-state index in [1.54, 1.807) is 14.2 Å². The van der Waals surface area contributed by atoms with Crippen LogP contribution in [0.4, 0.5) is 0 Å². The van der Waals surface area contributed by atoms with Crippen LogP contribution in [0.2, 0.25) is 0 Å². The summed E-state index contributed by atoms with van der Waals surface area (Å²) in [6, 6.07) is 8.20. The Hall–Kier alpha value is -3.02. The van der Waals surface area contributed by atoms with Crippen molar-refractivity contribution in [2.45, 2.75) is 24.7 Å². The van der Waals surface area contributed by atoms with Crippen molar-refractivity contribution in [3.8, 4) is 11.5 Å². The van der Waals surface area contributed by atoms with E-state index in [0.717, 1.165) is 35.1 Å². The van der Waals surface area contributed by atoms with Crippen molar-refractivity contribution in [1.29, 1.82) is 0 Å². The Morgan fingerprint density at radius 3 is 1.53 bits per heavy atom. The first-order valence-electron chi connectivity index (χ1n) is 13.1. The quantitative estimate of drug-likeness (QED) is 0.361. The van der Waals surface area contributed by atoms with Gasteiger partial charge in [-0.15, -0.1) is 0 Å². The average molecular weight is 487 g/mol. The fourth-order valence-electron chi connectivity index (χ4n) is 11.1. The molecule has 0 unspecified atom stereocenters. The number of carbonyl (C=O) groups is 2. The van der Waals surface area contributed by atoms with Crippen molar-refractivity contribution >= 4 is 22.7 Å². The van der Waals surface area contributed by atoms with E-state index in [2.05, 4.69) is 24.3 Å². The second-order valence-electron chi connectivity index (χ2n) is 11.7. The zero-order valence-corrected chi connectivity index (χ0v) is 20.9. The lowest BCUT2D eigenvalue weighted by Gasteiger charge is -2.80. The Balaban J connectivity index is 1.42. The first-order valence-corrected chi connectivity index (χ1v) is 13.1. The van der Waals surface area contributed by atoms with E-state index < -0.39 is 10.8 Å². The lowest BCUT2D eigenvalue weighted by Crippen LogP contribution is -2.87. The maximum absolute atomic E-state index is 13.9. The highest BCUT2D eigenvalue weighted by Gasteiger charge is 2.97. The van der Waals surface area contributed by atoms with Gasteiger partial charge in [-0.3, -0.25) is 9.59 Å². The van der Waals surface area contributed by atoms with Gasteiger partial charge in [0, 0.05) is 21.9 Å². The van der Waals surface area contributed by atoms with Crippen LogP contribution in [-0.4, -0.2) is 40.4 Å². The normalized spacial score (nSPS) is 43.1. The van der Waals surface area contributed by atoms with Gasteiger partial charge >= 0.3 is 11.9 Å². The van der Waals surface area contributed by atoms with Crippen LogP contribution in [0.1, 0.15) is 35.8 Å². The SMILES string of the molecule is COC(=O)[C@@]12[C@@H]3[C@@H]([C@H]4C=C[C@@H]3C4)[C@]1(C(=O)OC)[C@@H]1[C@H]2[C@@H]2C[C@H]1c1c2c(OC)c2ccccc2c1OC. The van der Waals surface area contributed by atoms with Crippen LogP contribution >= 0.6 is 0 Å². The van der Waals surface area contributed by atoms with Gasteiger partial charge in [0.1, 0.15) is 11.5 Å². The minimum absolute atomic E-state index is 0.0373. The summed E-state index contributed by atoms with van der Waals surface area (Å²) in [5.41, 5.74) is 0.663. The van der Waals surface area contributed by atoms with Crippen molar-refractivity contribution in [2.24, 2.45) is 46.3 Å². The molecule has 0 radical (unpaired) electrons. The molecule has 186 valence electrons. The second kappa shape index (κ2) is 6.45. The molecule has 6 nitrogen and oxygen atoms in total. The summed E-state index contributed by atoms with van der Waals surface area (Å²) in [4.78, 5) is 27.9. The number of hydrogen-bond donors (Lipinski definition) is 0. The smallest absolute Gasteiger partial charge is 0.313 e. The fourth-order valence-corrected chi connectivity index (χ4v) is 11.1. The third-order valence-corrected chi connectivity index (χ3v) is 11.4. The van der Waals surface area contributed by atoms with E-state index >= 15 is 0 Å². The number of hydrogen-bond acceptors (Lipinski definition) is 6. The number of methoxy groups -OCH3 is 4. The van der Waals surface area contributed by atoms with Gasteiger partial charge in [-0.25, -0.2) is 0 Å². The number of esters is 2. The van der Waals surface area contributed by atoms with E-state index in [0.29, 0.717) is 11.8 Å². The molecule has 36 heavy (non-hydrogen) atoms. The number of allylic oxidation sites excluding steroid dienone is 2. The van der Waals surface area contributed by atoms with Gasteiger partial charge in [-0.05, 0) is 60.2 Å². The first-order chi connectivity index (χ1) is 17.5. The summed E-state index contributed by atoms with van der Waals surface area (Å²) >= 11 is 0. The molecule has 0 spiro atoms. The summed E-state index contributed by atoms with van der Waals surface area (Å²) in [5, 5.41) is 2.06. The molecule has 4 fully saturated rings. The van der Waals surface area contributed by atoms with Crippen LogP contribution in [0.3, 0.4) is 0 Å². The highest BCUT2D eigenvalue weighted by molar-refractivity contribution is 6.00. The van der Waals surface area contributed by atoms with Crippen molar-refractivity contribution in [3.05, 3.63) is 47.5 Å². The molecule has 10 atom stereocenters. The van der Waals surface area contributed by atoms with Crippen LogP contribution < -0.4 is 9.47 Å². The topological polar surface area (TPSA) is 71.1 Å². The Bertz CT molecular complexity index is 1310. The minimum atomic E-state index is -0.838. The number of fused-ring (bicyclic) bond motifs is 19. The van der Waals surface area contributed by atoms with E-state index in [9.17, 15) is 9.59 Å². The van der Waals surface area contributed by atoms with Crippen molar-refractivity contribution in [2.75, 3.05) is 28.4 Å². The number of rotatable bonds is 4. The second-order valence-corrected chi connectivity index (χ2v) is 11.7. The maximum Gasteiger partial charge on any atom is 0.313 e. The molecule has 4 saturated carbocycles. The van der Waals surface area contributed by atoms with Gasteiger partial charge in [-0.2, -0.15) is 0 Å². The predicted molar refractivity (Wildman–Crippen MR) is 131 cm³/mol. The Morgan fingerprint density at radius 1 is 0.694 bits per heavy atom. The highest BCUT2D eigenvalue weighted by Crippen LogP contribution is 2.94. The molecule has 0 saturated heterocycles. The number of benzene rings is 2. The summed E-state index contributed by atoms with van der Waals surface area (Å²) in [7, 11) is 6.41. The van der Waals surface area contributed by atoms with Crippen molar-refractivity contribution < 1.29 is 28.5 Å². The summed E-state index contributed by atoms with van der Waals surface area (Å²) in [6.45, 7) is 0. The third-order valence-electron chi connectivity index (χ3n) is 11.4. The van der Waals surface area contributed by atoms with Gasteiger partial charge in [0.15, 0.2) is 0 Å². The Morgan fingerprint density at radius 2 is 1.14 bits per heavy atom. The zero-order chi connectivity index (χ0) is 24.7. The minimum Gasteiger partial charge on any atom is -0.496 e. The fraction of sp³-hybridized carbons (Fsp3) is 0.533. The van der Waals surface area contributed by atoms with Crippen LogP contribution in [0, 0.1) is 46.3 Å². The molecule has 6 heteroatoms. The lowest BCUT2D eigenvalue weighted by molar-refractivity contribution is -0.345. The predicted octanol–water partition coefficient (Wildman–Crippen LogP) is 4.46. The third kappa shape index (κ3) is 1.75. The van der Waals surface area contributed by atoms with E-state index in [4.69, 9.17) is 18.9 Å². The summed E-state index contributed by atoms with van der Waals surface area (Å²) < 4.78 is 23.3. The molecular weight excluding hydrogens is 456 g/mol. The van der Waals surface area contributed by atoms with Crippen LogP contribution in [0.15, 0.2) is 36.4 Å². The largest absolute Gasteiger partial charge is 0.496 e. The van der Waals surface area contributed by atoms with E-state index in [1.165, 1.54) is 25.3 Å². The molecule has 4 bridgehead atoms. The first kappa shape index (κ1) is 21.1. The Labute approximate surface area is 209 Å². The van der Waals surface area contributed by atoms with Gasteiger partial charge in [0.2, 0.25) is 0 Å². The molecule has 0 heterocycles. The van der Waals surface area contributed by atoms with Gasteiger partial charge in [-0.1, -0.05) is 36.4 Å².